The van der Waals surface area contributed by atoms with Crippen LogP contribution >= 0.6 is 0 Å². The third-order valence-corrected chi connectivity index (χ3v) is 4.95. The van der Waals surface area contributed by atoms with Crippen LogP contribution in [0, 0.1) is 16.7 Å². The van der Waals surface area contributed by atoms with Crippen LogP contribution in [0.3, 0.4) is 0 Å². The highest BCUT2D eigenvalue weighted by atomic mass is 16.5. The molecule has 98 valence electrons. The van der Waals surface area contributed by atoms with Gasteiger partial charge in [0, 0.05) is 17.3 Å². The molecule has 3 aliphatic rings. The van der Waals surface area contributed by atoms with Gasteiger partial charge in [-0.2, -0.15) is 0 Å². The van der Waals surface area contributed by atoms with Crippen molar-refractivity contribution in [2.24, 2.45) is 16.7 Å². The number of esters is 1. The third kappa shape index (κ3) is 1.28. The number of allylic oxidation sites excluding steroid dienone is 3. The Balaban J connectivity index is 1.98. The molecule has 0 unspecified atom stereocenters. The van der Waals surface area contributed by atoms with Crippen molar-refractivity contribution < 1.29 is 14.6 Å². The zero-order chi connectivity index (χ0) is 13.1. The molecule has 3 aliphatic carbocycles. The van der Waals surface area contributed by atoms with Gasteiger partial charge in [-0.15, -0.1) is 0 Å². The van der Waals surface area contributed by atoms with Crippen LogP contribution in [0.5, 0.6) is 0 Å². The minimum Gasteiger partial charge on any atom is -0.512 e. The van der Waals surface area contributed by atoms with Gasteiger partial charge in [0.05, 0.1) is 11.7 Å². The molecular weight excluding hydrogens is 228 g/mol. The quantitative estimate of drug-likeness (QED) is 0.603. The monoisotopic (exact) mass is 248 g/mol. The van der Waals surface area contributed by atoms with Crippen LogP contribution in [0.15, 0.2) is 23.5 Å². The Bertz CT molecular complexity index is 474. The molecule has 0 saturated heterocycles. The van der Waals surface area contributed by atoms with Crippen LogP contribution in [0.2, 0.25) is 0 Å². The number of fused-ring (bicyclic) bond motifs is 1. The Morgan fingerprint density at radius 1 is 1.50 bits per heavy atom. The van der Waals surface area contributed by atoms with E-state index in [1.54, 1.807) is 0 Å². The molecule has 0 aromatic rings. The summed E-state index contributed by atoms with van der Waals surface area (Å²) in [5, 5.41) is 10.2. The highest BCUT2D eigenvalue weighted by molar-refractivity contribution is 5.92. The van der Waals surface area contributed by atoms with E-state index in [9.17, 15) is 9.90 Å². The fourth-order valence-electron chi connectivity index (χ4n) is 4.20. The lowest BCUT2D eigenvalue weighted by molar-refractivity contribution is -0.144. The first kappa shape index (κ1) is 11.8. The van der Waals surface area contributed by atoms with E-state index in [2.05, 4.69) is 19.1 Å². The average molecular weight is 248 g/mol. The molecule has 2 bridgehead atoms. The summed E-state index contributed by atoms with van der Waals surface area (Å²) >= 11 is 0. The van der Waals surface area contributed by atoms with Gasteiger partial charge < -0.3 is 9.84 Å². The van der Waals surface area contributed by atoms with E-state index in [0.29, 0.717) is 17.9 Å². The van der Waals surface area contributed by atoms with Crippen LogP contribution in [-0.2, 0) is 9.53 Å². The summed E-state index contributed by atoms with van der Waals surface area (Å²) < 4.78 is 5.30. The predicted octanol–water partition coefficient (Wildman–Crippen LogP) is 3.13. The van der Waals surface area contributed by atoms with Crippen molar-refractivity contribution in [1.29, 1.82) is 0 Å². The van der Waals surface area contributed by atoms with Gasteiger partial charge in [0.15, 0.2) is 0 Å². The lowest BCUT2D eigenvalue weighted by Gasteiger charge is -2.37. The molecule has 1 spiro atoms. The largest absolute Gasteiger partial charge is 0.512 e. The van der Waals surface area contributed by atoms with Crippen LogP contribution < -0.4 is 0 Å². The molecule has 3 heteroatoms. The van der Waals surface area contributed by atoms with E-state index in [4.69, 9.17) is 4.74 Å². The maximum absolute atomic E-state index is 12.2. The summed E-state index contributed by atoms with van der Waals surface area (Å²) in [5.41, 5.74) is 0.262. The number of aliphatic hydroxyl groups excluding tert-OH is 1. The number of carbonyl (C=O) groups is 1. The van der Waals surface area contributed by atoms with Crippen LogP contribution in [-0.4, -0.2) is 17.2 Å². The van der Waals surface area contributed by atoms with Crippen molar-refractivity contribution in [2.75, 3.05) is 0 Å². The molecule has 0 radical (unpaired) electrons. The summed E-state index contributed by atoms with van der Waals surface area (Å²) in [6.07, 6.45) is 6.92. The van der Waals surface area contributed by atoms with Crippen molar-refractivity contribution in [2.45, 2.75) is 46.1 Å². The number of rotatable bonds is 2. The highest BCUT2D eigenvalue weighted by Crippen LogP contribution is 2.70. The maximum atomic E-state index is 12.2. The molecule has 0 aromatic carbocycles. The second-order valence-corrected chi connectivity index (χ2v) is 6.47. The Morgan fingerprint density at radius 3 is 2.83 bits per heavy atom. The predicted molar refractivity (Wildman–Crippen MR) is 67.9 cm³/mol. The average Bonchev–Trinajstić information content (AvgIpc) is 2.76. The van der Waals surface area contributed by atoms with Crippen LogP contribution in [0.4, 0.5) is 0 Å². The molecular formula is C15H20O3. The van der Waals surface area contributed by atoms with Crippen molar-refractivity contribution in [3.63, 3.8) is 0 Å². The zero-order valence-corrected chi connectivity index (χ0v) is 11.2. The first-order valence-electron chi connectivity index (χ1n) is 6.71. The topological polar surface area (TPSA) is 46.5 Å². The lowest BCUT2D eigenvalue weighted by Crippen LogP contribution is -2.34. The molecule has 0 heterocycles. The number of hydrogen-bond donors (Lipinski definition) is 1. The first-order chi connectivity index (χ1) is 8.38. The normalized spacial score (nSPS) is 40.8. The van der Waals surface area contributed by atoms with Gasteiger partial charge in [-0.3, -0.25) is 0 Å². The van der Waals surface area contributed by atoms with Gasteiger partial charge in [0.1, 0.15) is 5.76 Å². The minimum atomic E-state index is -0.331. The van der Waals surface area contributed by atoms with E-state index in [-0.39, 0.29) is 28.7 Å². The van der Waals surface area contributed by atoms with E-state index in [0.717, 1.165) is 12.8 Å². The number of hydrogen-bond acceptors (Lipinski definition) is 3. The molecule has 3 atom stereocenters. The standard InChI is InChI=1S/C15H20O3/c1-9(2)18-13(17)12-11(16)8-15-5-4-10(7-15)6-14(12,15)3/h4-5,9-10,16H,6-8H2,1-3H3/t10-,14+,15-/m1/s1. The Kier molecular flexibility index (Phi) is 2.23. The molecule has 1 saturated carbocycles. The van der Waals surface area contributed by atoms with Crippen molar-refractivity contribution in [3.05, 3.63) is 23.5 Å². The second kappa shape index (κ2) is 3.40. The van der Waals surface area contributed by atoms with Crippen LogP contribution in [0.25, 0.3) is 0 Å². The number of ether oxygens (including phenoxy) is 1. The third-order valence-electron chi connectivity index (χ3n) is 4.95. The SMILES string of the molecule is CC(C)OC(=O)C1=C(O)C[C@@]23C=C[C@@H](C2)C[C@@]13C. The molecule has 0 aromatic heterocycles. The van der Waals surface area contributed by atoms with Gasteiger partial charge >= 0.3 is 5.97 Å². The molecule has 3 rings (SSSR count). The summed E-state index contributed by atoms with van der Waals surface area (Å²) in [6, 6.07) is 0. The van der Waals surface area contributed by atoms with Crippen molar-refractivity contribution in [1.82, 2.24) is 0 Å². The molecule has 18 heavy (non-hydrogen) atoms. The first-order valence-corrected chi connectivity index (χ1v) is 6.71. The van der Waals surface area contributed by atoms with Crippen LogP contribution in [0.1, 0.15) is 40.0 Å². The van der Waals surface area contributed by atoms with Gasteiger partial charge in [-0.1, -0.05) is 19.1 Å². The van der Waals surface area contributed by atoms with Crippen molar-refractivity contribution >= 4 is 5.97 Å². The number of aliphatic hydroxyl groups is 1. The van der Waals surface area contributed by atoms with E-state index in [1.165, 1.54) is 0 Å². The fourth-order valence-corrected chi connectivity index (χ4v) is 4.20. The molecule has 3 nitrogen and oxygen atoms in total. The maximum Gasteiger partial charge on any atom is 0.338 e. The molecule has 0 amide bonds. The van der Waals surface area contributed by atoms with Gasteiger partial charge in [-0.05, 0) is 32.6 Å². The Labute approximate surface area is 108 Å². The molecule has 1 N–H and O–H groups in total. The zero-order valence-electron chi connectivity index (χ0n) is 11.2. The lowest BCUT2D eigenvalue weighted by atomic mass is 9.65. The van der Waals surface area contributed by atoms with Gasteiger partial charge in [0.2, 0.25) is 0 Å². The molecule has 1 fully saturated rings. The summed E-state index contributed by atoms with van der Waals surface area (Å²) in [5.74, 6) is 0.473. The molecule has 0 aliphatic heterocycles. The summed E-state index contributed by atoms with van der Waals surface area (Å²) in [6.45, 7) is 5.78. The van der Waals surface area contributed by atoms with E-state index in [1.807, 2.05) is 13.8 Å². The summed E-state index contributed by atoms with van der Waals surface area (Å²) in [4.78, 5) is 12.2. The van der Waals surface area contributed by atoms with Crippen molar-refractivity contribution in [3.8, 4) is 0 Å². The highest BCUT2D eigenvalue weighted by Gasteiger charge is 2.64. The van der Waals surface area contributed by atoms with E-state index < -0.39 is 0 Å². The number of carbonyl (C=O) groups excluding carboxylic acids is 1. The minimum absolute atomic E-state index is 0.0346. The second-order valence-electron chi connectivity index (χ2n) is 6.47. The fraction of sp³-hybridized carbons (Fsp3) is 0.667. The smallest absolute Gasteiger partial charge is 0.338 e. The van der Waals surface area contributed by atoms with E-state index >= 15 is 0 Å². The van der Waals surface area contributed by atoms with Gasteiger partial charge in [0.25, 0.3) is 0 Å². The summed E-state index contributed by atoms with van der Waals surface area (Å²) in [7, 11) is 0. The van der Waals surface area contributed by atoms with Gasteiger partial charge in [-0.25, -0.2) is 4.79 Å². The Hall–Kier alpha value is -1.25. The Morgan fingerprint density at radius 2 is 2.22 bits per heavy atom.